The van der Waals surface area contributed by atoms with E-state index in [1.807, 2.05) is 0 Å². The van der Waals surface area contributed by atoms with Crippen LogP contribution < -0.4 is 0 Å². The second-order valence-electron chi connectivity index (χ2n) is 7.94. The van der Waals surface area contributed by atoms with Crippen molar-refractivity contribution in [2.45, 2.75) is 110 Å². The molecule has 0 saturated heterocycles. The van der Waals surface area contributed by atoms with Gasteiger partial charge in [0, 0.05) is 19.9 Å². The molecule has 6 heteroatoms. The van der Waals surface area contributed by atoms with Gasteiger partial charge in [0.2, 0.25) is 0 Å². The lowest BCUT2D eigenvalue weighted by molar-refractivity contribution is 0.115. The van der Waals surface area contributed by atoms with Crippen molar-refractivity contribution < 1.29 is 23.4 Å². The first-order chi connectivity index (χ1) is 14.0. The van der Waals surface area contributed by atoms with Gasteiger partial charge in [0.15, 0.2) is 0 Å². The van der Waals surface area contributed by atoms with Gasteiger partial charge in [-0.3, -0.25) is 4.57 Å². The molecule has 0 heterocycles. The van der Waals surface area contributed by atoms with Gasteiger partial charge in [0.25, 0.3) is 0 Å². The average molecular weight is 435 g/mol. The largest absolute Gasteiger partial charge is 0.459 e. The molecule has 0 aromatic carbocycles. The van der Waals surface area contributed by atoms with Crippen LogP contribution in [0.2, 0.25) is 0 Å². The standard InChI is InChI=1S/C23H47O5P/c1-4-6-7-8-9-10-11-12-13-14-15-16-17-18-20-26-21-19-22-28-29(3,25)23(24)27-5-2/h4-22H2,1-3H3. The van der Waals surface area contributed by atoms with Gasteiger partial charge in [-0.2, -0.15) is 0 Å². The van der Waals surface area contributed by atoms with Crippen LogP contribution in [0.1, 0.15) is 110 Å². The highest BCUT2D eigenvalue weighted by Crippen LogP contribution is 2.44. The van der Waals surface area contributed by atoms with Crippen LogP contribution in [0.5, 0.6) is 0 Å². The molecule has 29 heavy (non-hydrogen) atoms. The SMILES string of the molecule is CCCCCCCCCCCCCCCCOCCCOP(C)(=O)C(=O)OCC. The van der Waals surface area contributed by atoms with Gasteiger partial charge in [-0.05, 0) is 19.8 Å². The van der Waals surface area contributed by atoms with Gasteiger partial charge in [0.05, 0.1) is 13.2 Å². The van der Waals surface area contributed by atoms with Crippen molar-refractivity contribution in [3.05, 3.63) is 0 Å². The smallest absolute Gasteiger partial charge is 0.391 e. The van der Waals surface area contributed by atoms with E-state index in [0.29, 0.717) is 13.0 Å². The molecule has 1 unspecified atom stereocenters. The van der Waals surface area contributed by atoms with E-state index in [4.69, 9.17) is 14.0 Å². The maximum atomic E-state index is 11.9. The Morgan fingerprint density at radius 1 is 0.655 bits per heavy atom. The molecule has 0 aliphatic rings. The summed E-state index contributed by atoms with van der Waals surface area (Å²) in [5.74, 6) is 0. The van der Waals surface area contributed by atoms with E-state index >= 15 is 0 Å². The van der Waals surface area contributed by atoms with E-state index in [0.717, 1.165) is 13.0 Å². The summed E-state index contributed by atoms with van der Waals surface area (Å²) in [5, 5.41) is 0. The molecule has 0 bridgehead atoms. The Labute approximate surface area is 180 Å². The van der Waals surface area contributed by atoms with Gasteiger partial charge in [-0.15, -0.1) is 0 Å². The number of unbranched alkanes of at least 4 members (excludes halogenated alkanes) is 13. The monoisotopic (exact) mass is 434 g/mol. The van der Waals surface area contributed by atoms with Crippen molar-refractivity contribution in [2.75, 3.05) is 33.1 Å². The van der Waals surface area contributed by atoms with Crippen molar-refractivity contribution in [2.24, 2.45) is 0 Å². The molecular formula is C23H47O5P. The molecule has 174 valence electrons. The van der Waals surface area contributed by atoms with E-state index in [1.165, 1.54) is 90.1 Å². The third-order valence-corrected chi connectivity index (χ3v) is 6.48. The highest BCUT2D eigenvalue weighted by Gasteiger charge is 2.28. The summed E-state index contributed by atoms with van der Waals surface area (Å²) >= 11 is 0. The molecule has 0 fully saturated rings. The molecule has 0 aromatic heterocycles. The topological polar surface area (TPSA) is 61.8 Å². The molecule has 0 rings (SSSR count). The second-order valence-corrected chi connectivity index (χ2v) is 10.3. The Morgan fingerprint density at radius 2 is 1.10 bits per heavy atom. The minimum atomic E-state index is -3.31. The van der Waals surface area contributed by atoms with E-state index in [1.54, 1.807) is 6.92 Å². The first kappa shape index (κ1) is 28.6. The van der Waals surface area contributed by atoms with Crippen molar-refractivity contribution in [1.29, 1.82) is 0 Å². The Bertz CT molecular complexity index is 414. The first-order valence-electron chi connectivity index (χ1n) is 12.0. The van der Waals surface area contributed by atoms with E-state index in [9.17, 15) is 9.36 Å². The summed E-state index contributed by atoms with van der Waals surface area (Å²) in [5.41, 5.74) is -0.747. The van der Waals surface area contributed by atoms with Crippen LogP contribution in [0.25, 0.3) is 0 Å². The van der Waals surface area contributed by atoms with Crippen LogP contribution in [0.3, 0.4) is 0 Å². The van der Waals surface area contributed by atoms with Gasteiger partial charge in [-0.1, -0.05) is 90.4 Å². The van der Waals surface area contributed by atoms with E-state index in [2.05, 4.69) is 6.92 Å². The summed E-state index contributed by atoms with van der Waals surface area (Å²) in [6, 6.07) is 0. The predicted octanol–water partition coefficient (Wildman–Crippen LogP) is 7.96. The Morgan fingerprint density at radius 3 is 1.59 bits per heavy atom. The fraction of sp³-hybridized carbons (Fsp3) is 0.957. The summed E-state index contributed by atoms with van der Waals surface area (Å²) < 4.78 is 27.4. The highest BCUT2D eigenvalue weighted by molar-refractivity contribution is 7.74. The summed E-state index contributed by atoms with van der Waals surface area (Å²) in [7, 11) is -3.31. The van der Waals surface area contributed by atoms with Crippen LogP contribution in [0, 0.1) is 0 Å². The number of carbonyl (C=O) groups excluding carboxylic acids is 1. The minimum Gasteiger partial charge on any atom is -0.459 e. The average Bonchev–Trinajstić information content (AvgIpc) is 2.70. The molecule has 0 spiro atoms. The molecule has 0 N–H and O–H groups in total. The van der Waals surface area contributed by atoms with Gasteiger partial charge < -0.3 is 14.0 Å². The Kier molecular flexibility index (Phi) is 20.6. The molecule has 0 amide bonds. The third kappa shape index (κ3) is 19.3. The molecular weight excluding hydrogens is 387 g/mol. The number of hydrogen-bond acceptors (Lipinski definition) is 5. The Hall–Kier alpha value is -0.380. The minimum absolute atomic E-state index is 0.211. The van der Waals surface area contributed by atoms with E-state index in [-0.39, 0.29) is 13.2 Å². The van der Waals surface area contributed by atoms with Crippen molar-refractivity contribution >= 4 is 13.1 Å². The van der Waals surface area contributed by atoms with Crippen LogP contribution >= 0.6 is 7.37 Å². The first-order valence-corrected chi connectivity index (χ1v) is 14.1. The highest BCUT2D eigenvalue weighted by atomic mass is 31.2. The van der Waals surface area contributed by atoms with Crippen LogP contribution in [-0.2, 0) is 18.6 Å². The number of ether oxygens (including phenoxy) is 2. The molecule has 0 aliphatic carbocycles. The third-order valence-electron chi connectivity index (χ3n) is 5.01. The quantitative estimate of drug-likeness (QED) is 0.128. The van der Waals surface area contributed by atoms with Crippen LogP contribution in [-0.4, -0.2) is 38.8 Å². The normalized spacial score (nSPS) is 13.3. The lowest BCUT2D eigenvalue weighted by Crippen LogP contribution is -2.07. The van der Waals surface area contributed by atoms with Gasteiger partial charge in [0.1, 0.15) is 0 Å². The summed E-state index contributed by atoms with van der Waals surface area (Å²) in [6.07, 6.45) is 19.6. The maximum absolute atomic E-state index is 11.9. The zero-order chi connectivity index (χ0) is 21.6. The van der Waals surface area contributed by atoms with E-state index < -0.39 is 13.1 Å². The summed E-state index contributed by atoms with van der Waals surface area (Å²) in [6.45, 7) is 7.06. The lowest BCUT2D eigenvalue weighted by Gasteiger charge is -2.12. The van der Waals surface area contributed by atoms with Crippen LogP contribution in [0.4, 0.5) is 4.79 Å². The summed E-state index contributed by atoms with van der Waals surface area (Å²) in [4.78, 5) is 11.4. The van der Waals surface area contributed by atoms with Gasteiger partial charge in [-0.25, -0.2) is 4.79 Å². The Balaban J connectivity index is 3.22. The van der Waals surface area contributed by atoms with Crippen molar-refractivity contribution in [3.8, 4) is 0 Å². The molecule has 0 aromatic rings. The molecule has 5 nitrogen and oxygen atoms in total. The van der Waals surface area contributed by atoms with Gasteiger partial charge >= 0.3 is 13.1 Å². The molecule has 0 saturated carbocycles. The molecule has 0 radical (unpaired) electrons. The van der Waals surface area contributed by atoms with Crippen molar-refractivity contribution in [1.82, 2.24) is 0 Å². The predicted molar refractivity (Wildman–Crippen MR) is 122 cm³/mol. The zero-order valence-electron chi connectivity index (χ0n) is 19.4. The maximum Gasteiger partial charge on any atom is 0.391 e. The fourth-order valence-electron chi connectivity index (χ4n) is 3.19. The lowest BCUT2D eigenvalue weighted by atomic mass is 10.0. The molecule has 1 atom stereocenters. The zero-order valence-corrected chi connectivity index (χ0v) is 20.3. The molecule has 0 aliphatic heterocycles. The second kappa shape index (κ2) is 20.9. The fourth-order valence-corrected chi connectivity index (χ4v) is 4.14. The van der Waals surface area contributed by atoms with Crippen molar-refractivity contribution in [3.63, 3.8) is 0 Å². The number of hydrogen-bond donors (Lipinski definition) is 0. The van der Waals surface area contributed by atoms with Crippen LogP contribution in [0.15, 0.2) is 0 Å². The number of carbonyl (C=O) groups is 1. The number of rotatable bonds is 22.